The van der Waals surface area contributed by atoms with Crippen LogP contribution in [0.1, 0.15) is 17.0 Å². The predicted molar refractivity (Wildman–Crippen MR) is 78.8 cm³/mol. The van der Waals surface area contributed by atoms with E-state index in [1.807, 2.05) is 12.1 Å². The Kier molecular flexibility index (Phi) is 2.67. The molecule has 3 rings (SSSR count). The molecule has 3 heteroatoms. The molecule has 2 aromatic carbocycles. The minimum absolute atomic E-state index is 0.585. The number of anilines is 1. The van der Waals surface area contributed by atoms with E-state index in [0.29, 0.717) is 5.92 Å². The zero-order chi connectivity index (χ0) is 11.8. The van der Waals surface area contributed by atoms with Crippen LogP contribution in [0.2, 0.25) is 0 Å². The summed E-state index contributed by atoms with van der Waals surface area (Å²) < 4.78 is 1.12. The van der Waals surface area contributed by atoms with E-state index in [2.05, 4.69) is 52.2 Å². The maximum Gasteiger partial charge on any atom is 0.0991 e. The summed E-state index contributed by atoms with van der Waals surface area (Å²) in [6.07, 6.45) is 0. The molecule has 1 aliphatic rings. The van der Waals surface area contributed by atoms with Crippen LogP contribution in [0.4, 0.5) is 5.69 Å². The molecule has 0 fully saturated rings. The number of nitrogens with zero attached hydrogens (tertiary/aromatic N) is 1. The number of hydrogen-bond donors (Lipinski definition) is 1. The highest BCUT2D eigenvalue weighted by molar-refractivity contribution is 14.1. The monoisotopic (exact) mass is 334 g/mol. The molecule has 0 aromatic heterocycles. The Morgan fingerprint density at radius 2 is 2.24 bits per heavy atom. The lowest BCUT2D eigenvalue weighted by Crippen LogP contribution is -2.02. The van der Waals surface area contributed by atoms with Crippen LogP contribution in [-0.4, -0.2) is 11.0 Å². The van der Waals surface area contributed by atoms with Crippen molar-refractivity contribution in [2.24, 2.45) is 0 Å². The summed E-state index contributed by atoms with van der Waals surface area (Å²) in [5.74, 6) is 0.585. The van der Waals surface area contributed by atoms with Crippen LogP contribution in [-0.2, 0) is 0 Å². The molecule has 1 aliphatic heterocycles. The van der Waals surface area contributed by atoms with Gasteiger partial charge >= 0.3 is 0 Å². The minimum Gasteiger partial charge on any atom is -0.384 e. The fourth-order valence-corrected chi connectivity index (χ4v) is 3.24. The molecule has 1 heterocycles. The topological polar surface area (TPSA) is 35.8 Å². The first-order chi connectivity index (χ1) is 8.33. The molecule has 2 aromatic rings. The molecule has 1 atom stereocenters. The maximum absolute atomic E-state index is 8.93. The van der Waals surface area contributed by atoms with Crippen molar-refractivity contribution in [1.82, 2.24) is 0 Å². The van der Waals surface area contributed by atoms with E-state index in [0.717, 1.165) is 16.5 Å². The molecular formula is C14H11IN2. The number of alkyl halides is 1. The molecule has 1 N–H and O–H groups in total. The van der Waals surface area contributed by atoms with E-state index in [1.54, 1.807) is 0 Å². The van der Waals surface area contributed by atoms with Gasteiger partial charge in [-0.3, -0.25) is 0 Å². The first-order valence-corrected chi connectivity index (χ1v) is 7.12. The zero-order valence-electron chi connectivity index (χ0n) is 9.20. The van der Waals surface area contributed by atoms with E-state index in [9.17, 15) is 0 Å². The van der Waals surface area contributed by atoms with E-state index >= 15 is 0 Å². The highest BCUT2D eigenvalue weighted by Crippen LogP contribution is 2.38. The molecule has 0 saturated heterocycles. The van der Waals surface area contributed by atoms with Crippen molar-refractivity contribution in [1.29, 1.82) is 5.26 Å². The van der Waals surface area contributed by atoms with Crippen molar-refractivity contribution < 1.29 is 0 Å². The predicted octanol–water partition coefficient (Wildman–Crippen LogP) is 3.66. The van der Waals surface area contributed by atoms with Gasteiger partial charge in [0, 0.05) is 22.6 Å². The fraction of sp³-hybridized carbons (Fsp3) is 0.214. The molecule has 1 unspecified atom stereocenters. The van der Waals surface area contributed by atoms with Crippen LogP contribution in [0, 0.1) is 11.3 Å². The van der Waals surface area contributed by atoms with E-state index in [-0.39, 0.29) is 0 Å². The molecule has 0 amide bonds. The summed E-state index contributed by atoms with van der Waals surface area (Å²) in [7, 11) is 0. The van der Waals surface area contributed by atoms with E-state index in [4.69, 9.17) is 5.26 Å². The summed E-state index contributed by atoms with van der Waals surface area (Å²) in [6, 6.07) is 12.4. The molecule has 0 bridgehead atoms. The number of benzene rings is 2. The molecule has 0 spiro atoms. The number of halogens is 1. The maximum atomic E-state index is 8.93. The van der Waals surface area contributed by atoms with Gasteiger partial charge in [0.2, 0.25) is 0 Å². The van der Waals surface area contributed by atoms with Gasteiger partial charge < -0.3 is 5.32 Å². The highest BCUT2D eigenvalue weighted by atomic mass is 127. The number of fused-ring (bicyclic) bond motifs is 3. The van der Waals surface area contributed by atoms with Crippen LogP contribution >= 0.6 is 22.6 Å². The van der Waals surface area contributed by atoms with Gasteiger partial charge in [0.15, 0.2) is 0 Å². The second kappa shape index (κ2) is 4.19. The van der Waals surface area contributed by atoms with Crippen molar-refractivity contribution in [3.05, 3.63) is 41.5 Å². The average molecular weight is 334 g/mol. The summed E-state index contributed by atoms with van der Waals surface area (Å²) >= 11 is 2.44. The molecule has 0 radical (unpaired) electrons. The van der Waals surface area contributed by atoms with Crippen LogP contribution in [0.15, 0.2) is 30.3 Å². The van der Waals surface area contributed by atoms with Crippen LogP contribution in [0.5, 0.6) is 0 Å². The minimum atomic E-state index is 0.585. The summed E-state index contributed by atoms with van der Waals surface area (Å²) in [6.45, 7) is 1.03. The van der Waals surface area contributed by atoms with Gasteiger partial charge in [-0.25, -0.2) is 0 Å². The van der Waals surface area contributed by atoms with Crippen molar-refractivity contribution in [2.75, 3.05) is 16.3 Å². The standard InChI is InChI=1S/C14H11IN2/c15-6-11-8-17-13-4-2-10-5-9(7-16)1-3-12(10)14(11)13/h1-5,11,17H,6,8H2. The summed E-state index contributed by atoms with van der Waals surface area (Å²) in [5.41, 5.74) is 3.40. The lowest BCUT2D eigenvalue weighted by Gasteiger charge is -2.09. The Morgan fingerprint density at radius 3 is 3.00 bits per heavy atom. The Bertz CT molecular complexity index is 628. The van der Waals surface area contributed by atoms with Gasteiger partial charge in [0.05, 0.1) is 11.6 Å². The Labute approximate surface area is 114 Å². The van der Waals surface area contributed by atoms with Crippen LogP contribution in [0.3, 0.4) is 0 Å². The second-order valence-corrected chi connectivity index (χ2v) is 5.19. The van der Waals surface area contributed by atoms with Crippen LogP contribution < -0.4 is 5.32 Å². The van der Waals surface area contributed by atoms with Gasteiger partial charge in [-0.2, -0.15) is 5.26 Å². The molecule has 17 heavy (non-hydrogen) atoms. The number of hydrogen-bond acceptors (Lipinski definition) is 2. The van der Waals surface area contributed by atoms with Crippen molar-refractivity contribution in [3.8, 4) is 6.07 Å². The Hall–Kier alpha value is -1.28. The van der Waals surface area contributed by atoms with Gasteiger partial charge in [0.1, 0.15) is 0 Å². The lowest BCUT2D eigenvalue weighted by atomic mass is 9.95. The molecule has 2 nitrogen and oxygen atoms in total. The van der Waals surface area contributed by atoms with Gasteiger partial charge in [-0.15, -0.1) is 0 Å². The Morgan fingerprint density at radius 1 is 1.35 bits per heavy atom. The van der Waals surface area contributed by atoms with Crippen molar-refractivity contribution in [3.63, 3.8) is 0 Å². The first-order valence-electron chi connectivity index (χ1n) is 5.60. The second-order valence-electron chi connectivity index (χ2n) is 4.31. The largest absolute Gasteiger partial charge is 0.384 e. The van der Waals surface area contributed by atoms with Crippen molar-refractivity contribution in [2.45, 2.75) is 5.92 Å². The van der Waals surface area contributed by atoms with Crippen LogP contribution in [0.25, 0.3) is 10.8 Å². The molecular weight excluding hydrogens is 323 g/mol. The Balaban J connectivity index is 2.29. The zero-order valence-corrected chi connectivity index (χ0v) is 11.4. The molecule has 0 saturated carbocycles. The third-order valence-electron chi connectivity index (χ3n) is 3.32. The summed E-state index contributed by atoms with van der Waals surface area (Å²) in [5, 5.41) is 14.8. The number of nitriles is 1. The number of rotatable bonds is 1. The molecule has 0 aliphatic carbocycles. The molecule has 84 valence electrons. The van der Waals surface area contributed by atoms with Gasteiger partial charge in [-0.05, 0) is 34.5 Å². The smallest absolute Gasteiger partial charge is 0.0991 e. The van der Waals surface area contributed by atoms with Gasteiger partial charge in [0.25, 0.3) is 0 Å². The summed E-state index contributed by atoms with van der Waals surface area (Å²) in [4.78, 5) is 0. The quantitative estimate of drug-likeness (QED) is 0.638. The van der Waals surface area contributed by atoms with Gasteiger partial charge in [-0.1, -0.05) is 34.7 Å². The lowest BCUT2D eigenvalue weighted by molar-refractivity contribution is 0.888. The first kappa shape index (κ1) is 10.8. The highest BCUT2D eigenvalue weighted by Gasteiger charge is 2.23. The SMILES string of the molecule is N#Cc1ccc2c3c(ccc2c1)NCC3CI. The number of nitrogens with one attached hydrogen (secondary N) is 1. The normalized spacial score (nSPS) is 17.5. The average Bonchev–Trinajstić information content (AvgIpc) is 2.81. The van der Waals surface area contributed by atoms with E-state index in [1.165, 1.54) is 22.0 Å². The van der Waals surface area contributed by atoms with E-state index < -0.39 is 0 Å². The fourth-order valence-electron chi connectivity index (χ4n) is 2.48. The van der Waals surface area contributed by atoms with Crippen molar-refractivity contribution >= 4 is 39.1 Å². The third kappa shape index (κ3) is 1.67. The third-order valence-corrected chi connectivity index (χ3v) is 4.39.